The van der Waals surface area contributed by atoms with Crippen LogP contribution in [0.2, 0.25) is 0 Å². The van der Waals surface area contributed by atoms with E-state index in [2.05, 4.69) is 32.1 Å². The Labute approximate surface area is 44.5 Å². The summed E-state index contributed by atoms with van der Waals surface area (Å²) in [5, 5.41) is 0. The summed E-state index contributed by atoms with van der Waals surface area (Å²) in [6.07, 6.45) is 6.39. The van der Waals surface area contributed by atoms with E-state index in [1.807, 2.05) is 0 Å². The second-order valence-corrected chi connectivity index (χ2v) is 2.18. The molecule has 38 valence electrons. The van der Waals surface area contributed by atoms with Gasteiger partial charge < -0.3 is 0 Å². The van der Waals surface area contributed by atoms with Crippen LogP contribution < -0.4 is 0 Å². The van der Waals surface area contributed by atoms with Crippen LogP contribution in [0, 0.1) is 5.92 Å². The highest BCUT2D eigenvalue weighted by Crippen LogP contribution is 2.16. The van der Waals surface area contributed by atoms with E-state index in [0.717, 1.165) is 5.92 Å². The Balaban J connectivity index is 2.43. The van der Waals surface area contributed by atoms with Gasteiger partial charge in [-0.25, -0.2) is 0 Å². The first-order valence-corrected chi connectivity index (χ1v) is 2.69. The number of hydrogen-bond acceptors (Lipinski definition) is 0. The molecule has 0 radical (unpaired) electrons. The van der Waals surface area contributed by atoms with Crippen LogP contribution in [-0.2, 0) is 0 Å². The molecule has 0 aromatic heterocycles. The van der Waals surface area contributed by atoms with Crippen LogP contribution in [-0.4, -0.2) is 0 Å². The third kappa shape index (κ3) is 0.738. The Morgan fingerprint density at radius 1 is 1.43 bits per heavy atom. The lowest BCUT2D eigenvalue weighted by molar-refractivity contribution is 0.785. The van der Waals surface area contributed by atoms with Gasteiger partial charge in [0.15, 0.2) is 0 Å². The maximum Gasteiger partial charge on any atom is -0.0219 e. The second-order valence-electron chi connectivity index (χ2n) is 2.18. The third-order valence-electron chi connectivity index (χ3n) is 1.24. The molecule has 0 bridgehead atoms. The standard InChI is InChI=1S/C7H10/c1-6(2)7-4-3-5-7/h3-6H,1-2H3. The molecule has 0 heterocycles. The molecule has 1 aliphatic rings. The molecule has 7 heavy (non-hydrogen) atoms. The van der Waals surface area contributed by atoms with Gasteiger partial charge in [0.05, 0.1) is 0 Å². The molecular weight excluding hydrogens is 84.1 g/mol. The Bertz CT molecular complexity index is 116. The molecule has 0 fully saturated rings. The monoisotopic (exact) mass is 94.1 g/mol. The van der Waals surface area contributed by atoms with E-state index in [4.69, 9.17) is 0 Å². The molecule has 0 atom stereocenters. The molecule has 0 aliphatic heterocycles. The highest BCUT2D eigenvalue weighted by Gasteiger charge is 2.00. The van der Waals surface area contributed by atoms with Crippen molar-refractivity contribution in [1.29, 1.82) is 0 Å². The molecule has 0 N–H and O–H groups in total. The predicted molar refractivity (Wildman–Crippen MR) is 32.1 cm³/mol. The highest BCUT2D eigenvalue weighted by atomic mass is 14.1. The van der Waals surface area contributed by atoms with Gasteiger partial charge in [-0.3, -0.25) is 0 Å². The van der Waals surface area contributed by atoms with Crippen LogP contribution in [0.25, 0.3) is 0 Å². The molecule has 0 aromatic rings. The number of rotatable bonds is 1. The zero-order valence-corrected chi connectivity index (χ0v) is 4.81. The van der Waals surface area contributed by atoms with Crippen molar-refractivity contribution in [2.24, 2.45) is 5.92 Å². The van der Waals surface area contributed by atoms with Gasteiger partial charge in [-0.1, -0.05) is 32.1 Å². The summed E-state index contributed by atoms with van der Waals surface area (Å²) in [7, 11) is 0. The van der Waals surface area contributed by atoms with Gasteiger partial charge in [-0.2, -0.15) is 0 Å². The largest absolute Gasteiger partial charge is 0.0617 e. The molecule has 0 amide bonds. The maximum absolute atomic E-state index is 2.20. The maximum atomic E-state index is 2.20. The lowest BCUT2D eigenvalue weighted by Crippen LogP contribution is -1.93. The van der Waals surface area contributed by atoms with Gasteiger partial charge in [0, 0.05) is 0 Å². The summed E-state index contributed by atoms with van der Waals surface area (Å²) in [4.78, 5) is 0. The summed E-state index contributed by atoms with van der Waals surface area (Å²) in [6, 6.07) is 0. The molecule has 0 aromatic carbocycles. The molecule has 0 spiro atoms. The Morgan fingerprint density at radius 3 is 2.00 bits per heavy atom. The Morgan fingerprint density at radius 2 is 2.00 bits per heavy atom. The normalized spacial score (nSPS) is 16.7. The fourth-order valence-corrected chi connectivity index (χ4v) is 0.592. The van der Waals surface area contributed by atoms with Gasteiger partial charge in [-0.05, 0) is 11.5 Å². The zero-order valence-electron chi connectivity index (χ0n) is 4.81. The molecule has 0 saturated carbocycles. The first-order valence-electron chi connectivity index (χ1n) is 2.69. The average molecular weight is 94.2 g/mol. The van der Waals surface area contributed by atoms with E-state index in [-0.39, 0.29) is 0 Å². The van der Waals surface area contributed by atoms with Crippen LogP contribution in [0.5, 0.6) is 0 Å². The molecule has 0 nitrogen and oxygen atoms in total. The molecular formula is C7H10. The summed E-state index contributed by atoms with van der Waals surface area (Å²) >= 11 is 0. The van der Waals surface area contributed by atoms with Crippen molar-refractivity contribution in [1.82, 2.24) is 0 Å². The van der Waals surface area contributed by atoms with Crippen molar-refractivity contribution >= 4 is 0 Å². The van der Waals surface area contributed by atoms with E-state index in [0.29, 0.717) is 0 Å². The molecule has 0 unspecified atom stereocenters. The minimum absolute atomic E-state index is 0.727. The fourth-order valence-electron chi connectivity index (χ4n) is 0.592. The van der Waals surface area contributed by atoms with Crippen LogP contribution in [0.15, 0.2) is 23.8 Å². The topological polar surface area (TPSA) is 0 Å². The lowest BCUT2D eigenvalue weighted by atomic mass is 9.97. The van der Waals surface area contributed by atoms with Crippen molar-refractivity contribution in [3.05, 3.63) is 23.8 Å². The molecule has 1 rings (SSSR count). The predicted octanol–water partition coefficient (Wildman–Crippen LogP) is 2.14. The minimum Gasteiger partial charge on any atom is -0.0617 e. The van der Waals surface area contributed by atoms with Crippen LogP contribution >= 0.6 is 0 Å². The van der Waals surface area contributed by atoms with Gasteiger partial charge >= 0.3 is 0 Å². The van der Waals surface area contributed by atoms with Crippen LogP contribution in [0.3, 0.4) is 0 Å². The quantitative estimate of drug-likeness (QED) is 0.467. The van der Waals surface area contributed by atoms with E-state index in [9.17, 15) is 0 Å². The molecule has 0 heteroatoms. The van der Waals surface area contributed by atoms with Crippen molar-refractivity contribution in [2.75, 3.05) is 0 Å². The summed E-state index contributed by atoms with van der Waals surface area (Å²) in [6.45, 7) is 4.41. The van der Waals surface area contributed by atoms with Gasteiger partial charge in [0.25, 0.3) is 0 Å². The van der Waals surface area contributed by atoms with Gasteiger partial charge in [0.1, 0.15) is 0 Å². The lowest BCUT2D eigenvalue weighted by Gasteiger charge is -2.09. The van der Waals surface area contributed by atoms with Gasteiger partial charge in [0.2, 0.25) is 0 Å². The minimum atomic E-state index is 0.727. The summed E-state index contributed by atoms with van der Waals surface area (Å²) in [5.74, 6) is 0.727. The third-order valence-corrected chi connectivity index (χ3v) is 1.24. The van der Waals surface area contributed by atoms with E-state index >= 15 is 0 Å². The average Bonchev–Trinajstić information content (AvgIpc) is 1.23. The van der Waals surface area contributed by atoms with E-state index in [1.54, 1.807) is 0 Å². The number of allylic oxidation sites excluding steroid dienone is 4. The van der Waals surface area contributed by atoms with E-state index < -0.39 is 0 Å². The van der Waals surface area contributed by atoms with Crippen molar-refractivity contribution in [2.45, 2.75) is 13.8 Å². The zero-order chi connectivity index (χ0) is 5.28. The second kappa shape index (κ2) is 1.53. The highest BCUT2D eigenvalue weighted by molar-refractivity contribution is 5.36. The number of hydrogen-bond donors (Lipinski definition) is 0. The summed E-state index contributed by atoms with van der Waals surface area (Å²) < 4.78 is 0. The van der Waals surface area contributed by atoms with Crippen molar-refractivity contribution < 1.29 is 0 Å². The molecule has 0 saturated heterocycles. The first kappa shape index (κ1) is 4.63. The Hall–Kier alpha value is -0.520. The molecule has 1 aliphatic carbocycles. The summed E-state index contributed by atoms with van der Waals surface area (Å²) in [5.41, 5.74) is 1.47. The Kier molecular flexibility index (Phi) is 1.01. The van der Waals surface area contributed by atoms with Crippen molar-refractivity contribution in [3.8, 4) is 0 Å². The first-order chi connectivity index (χ1) is 3.30. The van der Waals surface area contributed by atoms with Gasteiger partial charge in [-0.15, -0.1) is 0 Å². The smallest absolute Gasteiger partial charge is 0.0219 e. The van der Waals surface area contributed by atoms with Crippen LogP contribution in [0.1, 0.15) is 13.8 Å². The van der Waals surface area contributed by atoms with Crippen molar-refractivity contribution in [3.63, 3.8) is 0 Å². The fraction of sp³-hybridized carbons (Fsp3) is 0.429. The SMILES string of the molecule is CC(C)C1=CC=C1. The van der Waals surface area contributed by atoms with Crippen LogP contribution in [0.4, 0.5) is 0 Å². The van der Waals surface area contributed by atoms with E-state index in [1.165, 1.54) is 5.57 Å².